The van der Waals surface area contributed by atoms with E-state index in [2.05, 4.69) is 9.80 Å². The number of hydrogen-bond donors (Lipinski definition) is 1. The molecule has 0 bridgehead atoms. The van der Waals surface area contributed by atoms with Gasteiger partial charge < -0.3 is 20.3 Å². The van der Waals surface area contributed by atoms with E-state index >= 15 is 0 Å². The molecule has 25 heavy (non-hydrogen) atoms. The standard InChI is InChI=1S/C20H24N4O/c1-23(2)12-13-24-17-11-7-6-10-16(17)19(15-8-4-3-5-9-15)22-20(21)18(24)14-25/h3-11,14,18,20H,12-13,21H2,1-2H3. The molecule has 3 rings (SSSR count). The van der Waals surface area contributed by atoms with Crippen LogP contribution in [0.5, 0.6) is 0 Å². The number of carbonyl (C=O) groups excluding carboxylic acids is 1. The molecule has 1 heterocycles. The van der Waals surface area contributed by atoms with Crippen molar-refractivity contribution in [3.63, 3.8) is 0 Å². The van der Waals surface area contributed by atoms with Gasteiger partial charge in [0.1, 0.15) is 18.5 Å². The Bertz CT molecular complexity index is 757. The number of nitrogens with two attached hydrogens (primary N) is 1. The van der Waals surface area contributed by atoms with Gasteiger partial charge in [-0.25, -0.2) is 0 Å². The first-order valence-electron chi connectivity index (χ1n) is 8.46. The van der Waals surface area contributed by atoms with Gasteiger partial charge in [-0.05, 0) is 20.2 Å². The van der Waals surface area contributed by atoms with Crippen LogP contribution in [-0.4, -0.2) is 56.3 Å². The smallest absolute Gasteiger partial charge is 0.146 e. The molecule has 0 aromatic heterocycles. The first kappa shape index (κ1) is 17.3. The van der Waals surface area contributed by atoms with Crippen molar-refractivity contribution in [2.45, 2.75) is 12.2 Å². The molecule has 2 aromatic rings. The van der Waals surface area contributed by atoms with Gasteiger partial charge in [-0.3, -0.25) is 4.99 Å². The van der Waals surface area contributed by atoms with Crippen LogP contribution in [0, 0.1) is 0 Å². The maximum atomic E-state index is 11.8. The molecule has 0 saturated heterocycles. The lowest BCUT2D eigenvalue weighted by Crippen LogP contribution is -2.49. The average molecular weight is 336 g/mol. The maximum absolute atomic E-state index is 11.8. The molecule has 0 aliphatic carbocycles. The normalized spacial score (nSPS) is 20.0. The molecule has 2 aromatic carbocycles. The van der Waals surface area contributed by atoms with Gasteiger partial charge in [-0.15, -0.1) is 0 Å². The largest absolute Gasteiger partial charge is 0.357 e. The number of hydrogen-bond acceptors (Lipinski definition) is 5. The number of benzene rings is 2. The molecule has 1 aliphatic rings. The topological polar surface area (TPSA) is 61.9 Å². The van der Waals surface area contributed by atoms with Gasteiger partial charge in [0.15, 0.2) is 0 Å². The van der Waals surface area contributed by atoms with E-state index in [1.807, 2.05) is 68.7 Å². The van der Waals surface area contributed by atoms with Gasteiger partial charge in [-0.1, -0.05) is 48.5 Å². The SMILES string of the molecule is CN(C)CCN1c2ccccc2C(c2ccccc2)=NC(N)C1C=O. The van der Waals surface area contributed by atoms with Crippen LogP contribution in [0.3, 0.4) is 0 Å². The number of aliphatic imine (C=N–C) groups is 1. The lowest BCUT2D eigenvalue weighted by molar-refractivity contribution is -0.109. The van der Waals surface area contributed by atoms with Crippen LogP contribution < -0.4 is 10.6 Å². The minimum absolute atomic E-state index is 0.484. The molecule has 0 saturated carbocycles. The Balaban J connectivity index is 2.12. The van der Waals surface area contributed by atoms with Crippen molar-refractivity contribution >= 4 is 17.7 Å². The van der Waals surface area contributed by atoms with Crippen molar-refractivity contribution in [2.75, 3.05) is 32.1 Å². The van der Waals surface area contributed by atoms with E-state index in [0.717, 1.165) is 35.4 Å². The number of anilines is 1. The second kappa shape index (κ2) is 7.59. The first-order chi connectivity index (χ1) is 12.1. The highest BCUT2D eigenvalue weighted by Crippen LogP contribution is 2.29. The number of carbonyl (C=O) groups is 1. The Kier molecular flexibility index (Phi) is 5.26. The molecule has 5 nitrogen and oxygen atoms in total. The molecule has 130 valence electrons. The molecule has 5 heteroatoms. The van der Waals surface area contributed by atoms with E-state index in [-0.39, 0.29) is 0 Å². The summed E-state index contributed by atoms with van der Waals surface area (Å²) >= 11 is 0. The highest BCUT2D eigenvalue weighted by atomic mass is 16.1. The number of likely N-dealkylation sites (N-methyl/N-ethyl adjacent to an activating group) is 1. The molecular formula is C20H24N4O. The number of benzodiazepines with no additional fused rings is 1. The minimum atomic E-state index is -0.609. The van der Waals surface area contributed by atoms with Gasteiger partial charge in [0.2, 0.25) is 0 Å². The van der Waals surface area contributed by atoms with Gasteiger partial charge in [0.25, 0.3) is 0 Å². The quantitative estimate of drug-likeness (QED) is 0.845. The summed E-state index contributed by atoms with van der Waals surface area (Å²) in [5.74, 6) is 0. The van der Waals surface area contributed by atoms with Crippen LogP contribution in [0.1, 0.15) is 11.1 Å². The van der Waals surface area contributed by atoms with Crippen molar-refractivity contribution in [3.8, 4) is 0 Å². The van der Waals surface area contributed by atoms with Crippen LogP contribution in [0.25, 0.3) is 0 Å². The molecule has 0 radical (unpaired) electrons. The molecule has 2 atom stereocenters. The number of aldehydes is 1. The zero-order chi connectivity index (χ0) is 17.8. The van der Waals surface area contributed by atoms with E-state index in [4.69, 9.17) is 10.7 Å². The zero-order valence-electron chi connectivity index (χ0n) is 14.7. The van der Waals surface area contributed by atoms with Crippen LogP contribution in [0.2, 0.25) is 0 Å². The fourth-order valence-electron chi connectivity index (χ4n) is 3.12. The monoisotopic (exact) mass is 336 g/mol. The number of rotatable bonds is 5. The zero-order valence-corrected chi connectivity index (χ0v) is 14.7. The Morgan fingerprint density at radius 1 is 1.12 bits per heavy atom. The Labute approximate surface area is 148 Å². The van der Waals surface area contributed by atoms with E-state index < -0.39 is 12.2 Å². The van der Waals surface area contributed by atoms with Crippen molar-refractivity contribution in [3.05, 3.63) is 65.7 Å². The van der Waals surface area contributed by atoms with Gasteiger partial charge in [0.05, 0.1) is 5.71 Å². The lowest BCUT2D eigenvalue weighted by Gasteiger charge is -2.32. The second-order valence-corrected chi connectivity index (χ2v) is 6.47. The van der Waals surface area contributed by atoms with E-state index in [1.165, 1.54) is 0 Å². The summed E-state index contributed by atoms with van der Waals surface area (Å²) in [6.07, 6.45) is 0.302. The van der Waals surface area contributed by atoms with E-state index in [0.29, 0.717) is 6.54 Å². The highest BCUT2D eigenvalue weighted by molar-refractivity contribution is 6.16. The van der Waals surface area contributed by atoms with Crippen molar-refractivity contribution in [1.82, 2.24) is 4.90 Å². The summed E-state index contributed by atoms with van der Waals surface area (Å²) in [6, 6.07) is 17.6. The van der Waals surface area contributed by atoms with Crippen LogP contribution in [0.4, 0.5) is 5.69 Å². The Morgan fingerprint density at radius 2 is 1.80 bits per heavy atom. The third-order valence-electron chi connectivity index (χ3n) is 4.43. The Morgan fingerprint density at radius 3 is 2.48 bits per heavy atom. The fraction of sp³-hybridized carbons (Fsp3) is 0.300. The van der Waals surface area contributed by atoms with Crippen LogP contribution in [-0.2, 0) is 4.79 Å². The molecule has 0 fully saturated rings. The first-order valence-corrected chi connectivity index (χ1v) is 8.46. The predicted molar refractivity (Wildman–Crippen MR) is 102 cm³/mol. The average Bonchev–Trinajstić information content (AvgIpc) is 2.75. The van der Waals surface area contributed by atoms with Crippen LogP contribution in [0.15, 0.2) is 59.6 Å². The number of fused-ring (bicyclic) bond motifs is 1. The minimum Gasteiger partial charge on any atom is -0.357 e. The maximum Gasteiger partial charge on any atom is 0.146 e. The third kappa shape index (κ3) is 3.62. The highest BCUT2D eigenvalue weighted by Gasteiger charge is 2.31. The summed E-state index contributed by atoms with van der Waals surface area (Å²) in [7, 11) is 4.04. The van der Waals surface area contributed by atoms with Crippen molar-refractivity contribution in [2.24, 2.45) is 10.7 Å². The molecule has 2 N–H and O–H groups in total. The summed E-state index contributed by atoms with van der Waals surface area (Å²) < 4.78 is 0. The van der Waals surface area contributed by atoms with Crippen LogP contribution >= 0.6 is 0 Å². The van der Waals surface area contributed by atoms with Crippen molar-refractivity contribution in [1.29, 1.82) is 0 Å². The predicted octanol–water partition coefficient (Wildman–Crippen LogP) is 1.76. The molecule has 2 unspecified atom stereocenters. The van der Waals surface area contributed by atoms with Gasteiger partial charge in [-0.2, -0.15) is 0 Å². The molecule has 1 aliphatic heterocycles. The van der Waals surface area contributed by atoms with Gasteiger partial charge in [0, 0.05) is 29.9 Å². The summed E-state index contributed by atoms with van der Waals surface area (Å²) in [5, 5.41) is 0. The van der Waals surface area contributed by atoms with E-state index in [9.17, 15) is 4.79 Å². The fourth-order valence-corrected chi connectivity index (χ4v) is 3.12. The molecule has 0 amide bonds. The third-order valence-corrected chi connectivity index (χ3v) is 4.43. The van der Waals surface area contributed by atoms with Crippen molar-refractivity contribution < 1.29 is 4.79 Å². The second-order valence-electron chi connectivity index (χ2n) is 6.47. The number of nitrogens with zero attached hydrogens (tertiary/aromatic N) is 3. The summed E-state index contributed by atoms with van der Waals surface area (Å²) in [4.78, 5) is 20.7. The summed E-state index contributed by atoms with van der Waals surface area (Å²) in [6.45, 7) is 1.53. The molecular weight excluding hydrogens is 312 g/mol. The lowest BCUT2D eigenvalue weighted by atomic mass is 10.00. The number of para-hydroxylation sites is 1. The Hall–Kier alpha value is -2.50. The molecule has 0 spiro atoms. The van der Waals surface area contributed by atoms with E-state index in [1.54, 1.807) is 0 Å². The summed E-state index contributed by atoms with van der Waals surface area (Å²) in [5.41, 5.74) is 10.2. The van der Waals surface area contributed by atoms with Gasteiger partial charge >= 0.3 is 0 Å².